The summed E-state index contributed by atoms with van der Waals surface area (Å²) in [6.07, 6.45) is 9.60. The molecule has 0 amide bonds. The van der Waals surface area contributed by atoms with Gasteiger partial charge in [0.25, 0.3) is 0 Å². The molecule has 2 unspecified atom stereocenters. The molecule has 1 aliphatic carbocycles. The van der Waals surface area contributed by atoms with E-state index in [9.17, 15) is 17.6 Å². The predicted molar refractivity (Wildman–Crippen MR) is 114 cm³/mol. The molecule has 0 fully saturated rings. The summed E-state index contributed by atoms with van der Waals surface area (Å²) in [7, 11) is 0. The van der Waals surface area contributed by atoms with E-state index >= 15 is 0 Å². The molecule has 4 heteroatoms. The molecule has 0 heterocycles. The van der Waals surface area contributed by atoms with Crippen LogP contribution in [0.15, 0.2) is 49.1 Å². The zero-order valence-electron chi connectivity index (χ0n) is 17.4. The van der Waals surface area contributed by atoms with E-state index in [0.717, 1.165) is 12.8 Å². The Balaban J connectivity index is 1.78. The van der Waals surface area contributed by atoms with Gasteiger partial charge in [0.15, 0.2) is 23.3 Å². The van der Waals surface area contributed by atoms with Crippen molar-refractivity contribution in [1.29, 1.82) is 0 Å². The van der Waals surface area contributed by atoms with Crippen molar-refractivity contribution in [2.24, 2.45) is 0 Å². The third-order valence-electron chi connectivity index (χ3n) is 5.97. The number of hydrogen-bond acceptors (Lipinski definition) is 0. The fraction of sp³-hybridized carbons (Fsp3) is 0.385. The molecule has 160 valence electrons. The average Bonchev–Trinajstić information content (AvgIpc) is 2.76. The summed E-state index contributed by atoms with van der Waals surface area (Å²) in [5, 5.41) is 0. The van der Waals surface area contributed by atoms with Gasteiger partial charge in [-0.25, -0.2) is 17.6 Å². The number of halogens is 4. The molecular formula is C26H28F4. The van der Waals surface area contributed by atoms with E-state index in [1.807, 2.05) is 6.92 Å². The largest absolute Gasteiger partial charge is 0.203 e. The van der Waals surface area contributed by atoms with Crippen molar-refractivity contribution in [2.75, 3.05) is 0 Å². The summed E-state index contributed by atoms with van der Waals surface area (Å²) in [6.45, 7) is 5.61. The van der Waals surface area contributed by atoms with Gasteiger partial charge in [-0.05, 0) is 60.8 Å². The van der Waals surface area contributed by atoms with Crippen LogP contribution in [0, 0.1) is 23.3 Å². The normalized spacial score (nSPS) is 18.6. The minimum absolute atomic E-state index is 0.268. The van der Waals surface area contributed by atoms with E-state index in [1.54, 1.807) is 42.5 Å². The van der Waals surface area contributed by atoms with Gasteiger partial charge in [-0.1, -0.05) is 55.8 Å². The Morgan fingerprint density at radius 2 is 1.30 bits per heavy atom. The minimum Gasteiger partial charge on any atom is -0.203 e. The van der Waals surface area contributed by atoms with Gasteiger partial charge < -0.3 is 0 Å². The van der Waals surface area contributed by atoms with Crippen molar-refractivity contribution in [3.63, 3.8) is 0 Å². The molecule has 0 bridgehead atoms. The molecule has 3 rings (SSSR count). The number of hydrogen-bond donors (Lipinski definition) is 0. The van der Waals surface area contributed by atoms with E-state index in [4.69, 9.17) is 0 Å². The topological polar surface area (TPSA) is 0 Å². The second kappa shape index (κ2) is 10.1. The zero-order chi connectivity index (χ0) is 21.7. The van der Waals surface area contributed by atoms with Crippen molar-refractivity contribution in [2.45, 2.75) is 63.7 Å². The van der Waals surface area contributed by atoms with E-state index in [0.29, 0.717) is 54.4 Å². The molecule has 0 aliphatic heterocycles. The van der Waals surface area contributed by atoms with Crippen LogP contribution in [0.4, 0.5) is 17.6 Å². The Morgan fingerprint density at radius 1 is 0.800 bits per heavy atom. The summed E-state index contributed by atoms with van der Waals surface area (Å²) in [6, 6.07) is 6.59. The molecule has 2 aromatic rings. The van der Waals surface area contributed by atoms with Gasteiger partial charge in [0, 0.05) is 11.8 Å². The van der Waals surface area contributed by atoms with Crippen molar-refractivity contribution < 1.29 is 17.6 Å². The molecule has 2 atom stereocenters. The Morgan fingerprint density at radius 3 is 1.73 bits per heavy atom. The van der Waals surface area contributed by atoms with Crippen LogP contribution >= 0.6 is 0 Å². The van der Waals surface area contributed by atoms with Crippen LogP contribution < -0.4 is 0 Å². The van der Waals surface area contributed by atoms with Gasteiger partial charge >= 0.3 is 0 Å². The second-order valence-corrected chi connectivity index (χ2v) is 7.99. The van der Waals surface area contributed by atoms with Gasteiger partial charge in [0.1, 0.15) is 0 Å². The molecule has 0 aromatic heterocycles. The summed E-state index contributed by atoms with van der Waals surface area (Å²) >= 11 is 0. The summed E-state index contributed by atoms with van der Waals surface area (Å²) in [5.74, 6) is -3.72. The van der Waals surface area contributed by atoms with Crippen LogP contribution in [0.1, 0.15) is 73.1 Å². The molecule has 30 heavy (non-hydrogen) atoms. The van der Waals surface area contributed by atoms with E-state index in [2.05, 4.69) is 6.58 Å². The van der Waals surface area contributed by atoms with E-state index in [1.165, 1.54) is 0 Å². The van der Waals surface area contributed by atoms with Gasteiger partial charge in [-0.15, -0.1) is 6.58 Å². The number of allylic oxidation sites excluding steroid dienone is 3. The summed E-state index contributed by atoms with van der Waals surface area (Å²) < 4.78 is 58.0. The lowest BCUT2D eigenvalue weighted by molar-refractivity contribution is 0.466. The smallest absolute Gasteiger partial charge is 0.162 e. The van der Waals surface area contributed by atoms with Gasteiger partial charge in [0.05, 0.1) is 0 Å². The Kier molecular flexibility index (Phi) is 7.52. The van der Waals surface area contributed by atoms with Crippen molar-refractivity contribution in [3.8, 4) is 0 Å². The predicted octanol–water partition coefficient (Wildman–Crippen LogP) is 7.92. The maximum Gasteiger partial charge on any atom is 0.162 e. The second-order valence-electron chi connectivity index (χ2n) is 7.99. The third-order valence-corrected chi connectivity index (χ3v) is 5.97. The highest BCUT2D eigenvalue weighted by Crippen LogP contribution is 2.38. The van der Waals surface area contributed by atoms with Crippen LogP contribution in [0.3, 0.4) is 0 Å². The van der Waals surface area contributed by atoms with Crippen LogP contribution in [-0.2, 0) is 12.8 Å². The Bertz CT molecular complexity index is 929. The van der Waals surface area contributed by atoms with Crippen LogP contribution in [0.25, 0.3) is 0 Å². The maximum atomic E-state index is 14.6. The van der Waals surface area contributed by atoms with Gasteiger partial charge in [-0.3, -0.25) is 0 Å². The molecule has 0 nitrogen and oxygen atoms in total. The van der Waals surface area contributed by atoms with Gasteiger partial charge in [-0.2, -0.15) is 0 Å². The number of rotatable bonds is 8. The Labute approximate surface area is 176 Å². The van der Waals surface area contributed by atoms with Crippen LogP contribution in [0.2, 0.25) is 0 Å². The molecule has 0 saturated heterocycles. The molecule has 0 radical (unpaired) electrons. The van der Waals surface area contributed by atoms with E-state index in [-0.39, 0.29) is 11.8 Å². The lowest BCUT2D eigenvalue weighted by Crippen LogP contribution is -2.11. The molecule has 0 spiro atoms. The summed E-state index contributed by atoms with van der Waals surface area (Å²) in [5.41, 5.74) is 1.39. The standard InChI is InChI=1S/C26H28F4/c1-3-5-7-19-13-15-21(25(29)23(19)27)17-9-11-18(12-10-17)22-16-14-20(8-6-4-2)24(28)26(22)30/h3,9,11,13-18H,1,4-8,10,12H2,2H3. The van der Waals surface area contributed by atoms with Crippen molar-refractivity contribution in [1.82, 2.24) is 0 Å². The lowest BCUT2D eigenvalue weighted by Gasteiger charge is -2.25. The first-order valence-electron chi connectivity index (χ1n) is 10.7. The summed E-state index contributed by atoms with van der Waals surface area (Å²) in [4.78, 5) is 0. The lowest BCUT2D eigenvalue weighted by atomic mass is 9.80. The molecule has 0 N–H and O–H groups in total. The SMILES string of the molecule is C=CCCc1ccc(C2C=CC(c3ccc(CCCC)c(F)c3F)CC2)c(F)c1F. The molecule has 1 aliphatic rings. The highest BCUT2D eigenvalue weighted by molar-refractivity contribution is 5.36. The fourth-order valence-corrected chi connectivity index (χ4v) is 4.13. The fourth-order valence-electron chi connectivity index (χ4n) is 4.13. The number of benzene rings is 2. The first kappa shape index (κ1) is 22.3. The maximum absolute atomic E-state index is 14.6. The van der Waals surface area contributed by atoms with Crippen molar-refractivity contribution in [3.05, 3.63) is 94.6 Å². The average molecular weight is 417 g/mol. The quantitative estimate of drug-likeness (QED) is 0.303. The van der Waals surface area contributed by atoms with Crippen LogP contribution in [0.5, 0.6) is 0 Å². The number of aryl methyl sites for hydroxylation is 2. The Hall–Kier alpha value is -2.36. The third kappa shape index (κ3) is 4.69. The highest BCUT2D eigenvalue weighted by atomic mass is 19.2. The first-order valence-corrected chi connectivity index (χ1v) is 10.7. The van der Waals surface area contributed by atoms with Crippen LogP contribution in [-0.4, -0.2) is 0 Å². The zero-order valence-corrected chi connectivity index (χ0v) is 17.4. The minimum atomic E-state index is -0.817. The monoisotopic (exact) mass is 416 g/mol. The van der Waals surface area contributed by atoms with Crippen molar-refractivity contribution >= 4 is 0 Å². The molecule has 0 saturated carbocycles. The highest BCUT2D eigenvalue weighted by Gasteiger charge is 2.26. The van der Waals surface area contributed by atoms with E-state index < -0.39 is 23.3 Å². The number of unbranched alkanes of at least 4 members (excludes halogenated alkanes) is 1. The van der Waals surface area contributed by atoms with Gasteiger partial charge in [0.2, 0.25) is 0 Å². The first-order chi connectivity index (χ1) is 14.5. The molecular weight excluding hydrogens is 388 g/mol. The molecule has 2 aromatic carbocycles.